The van der Waals surface area contributed by atoms with Gasteiger partial charge in [-0.3, -0.25) is 22.0 Å². The maximum Gasteiger partial charge on any atom is 0.253 e. The predicted octanol–water partition coefficient (Wildman–Crippen LogP) is -0.578. The number of rotatable bonds is 2. The summed E-state index contributed by atoms with van der Waals surface area (Å²) in [5.41, 5.74) is 9.46. The molecule has 3 N–H and O–H groups in total. The Morgan fingerprint density at radius 2 is 2.11 bits per heavy atom. The molecule has 5 nitrogen and oxygen atoms in total. The van der Waals surface area contributed by atoms with Crippen LogP contribution < -0.4 is 16.3 Å². The Morgan fingerprint density at radius 3 is 2.94 bits per heavy atom. The summed E-state index contributed by atoms with van der Waals surface area (Å²) >= 11 is 0.378. The molecule has 1 amide bonds. The van der Waals surface area contributed by atoms with Crippen molar-refractivity contribution in [3.63, 3.8) is 0 Å². The Bertz CT molecular complexity index is 343. The molecule has 0 aromatic rings. The molecular weight excluding hydrogens is 248 g/mol. The van der Waals surface area contributed by atoms with Gasteiger partial charge in [0.1, 0.15) is 6.04 Å². The van der Waals surface area contributed by atoms with Crippen LogP contribution in [0.25, 0.3) is 0 Å². The summed E-state index contributed by atoms with van der Waals surface area (Å²) in [6.07, 6.45) is 5.88. The molecule has 103 valence electrons. The molecule has 2 saturated heterocycles. The van der Waals surface area contributed by atoms with Crippen LogP contribution in [0.5, 0.6) is 0 Å². The molecule has 3 unspecified atom stereocenters. The Morgan fingerprint density at radius 1 is 1.28 bits per heavy atom. The fourth-order valence-electron chi connectivity index (χ4n) is 3.01. The average molecular weight is 271 g/mol. The average Bonchev–Trinajstić information content (AvgIpc) is 2.84. The largest absolute Gasteiger partial charge is 0.287 e. The van der Waals surface area contributed by atoms with Crippen LogP contribution in [-0.4, -0.2) is 41.8 Å². The molecule has 1 radical (unpaired) electrons. The second-order valence-electron chi connectivity index (χ2n) is 5.34. The molecule has 3 rings (SSSR count). The van der Waals surface area contributed by atoms with Crippen LogP contribution in [0.3, 0.4) is 0 Å². The number of carbonyl (C=O) groups excluding carboxylic acids is 1. The first-order valence-corrected chi connectivity index (χ1v) is 8.39. The Balaban J connectivity index is 1.57. The third-order valence-electron chi connectivity index (χ3n) is 4.06. The van der Waals surface area contributed by atoms with Gasteiger partial charge < -0.3 is 0 Å². The summed E-state index contributed by atoms with van der Waals surface area (Å²) in [6.45, 7) is 1.98. The molecule has 6 heteroatoms. The fourth-order valence-corrected chi connectivity index (χ4v) is 4.44. The third kappa shape index (κ3) is 2.56. The molecule has 3 atom stereocenters. The minimum Gasteiger partial charge on any atom is -0.287 e. The quantitative estimate of drug-likeness (QED) is 0.629. The van der Waals surface area contributed by atoms with Gasteiger partial charge in [0, 0.05) is 25.0 Å². The summed E-state index contributed by atoms with van der Waals surface area (Å²) in [5, 5.41) is 4.35. The van der Waals surface area contributed by atoms with E-state index in [2.05, 4.69) is 32.8 Å². The van der Waals surface area contributed by atoms with E-state index in [9.17, 15) is 4.79 Å². The number of piperidine rings is 1. The van der Waals surface area contributed by atoms with E-state index in [1.165, 1.54) is 25.0 Å². The molecule has 3 aliphatic rings. The van der Waals surface area contributed by atoms with E-state index < -0.39 is 0 Å². The van der Waals surface area contributed by atoms with Crippen LogP contribution in [0.1, 0.15) is 19.3 Å². The van der Waals surface area contributed by atoms with Crippen molar-refractivity contribution < 1.29 is 4.79 Å². The van der Waals surface area contributed by atoms with Gasteiger partial charge in [-0.1, -0.05) is 17.9 Å². The van der Waals surface area contributed by atoms with Crippen LogP contribution >= 0.6 is 11.8 Å². The first-order valence-electron chi connectivity index (χ1n) is 6.91. The minimum absolute atomic E-state index is 0.0747. The topological polar surface area (TPSA) is 56.4 Å². The fraction of sp³-hybridized carbons (Fsp3) is 0.750. The highest BCUT2D eigenvalue weighted by atomic mass is 32.2. The predicted molar refractivity (Wildman–Crippen MR) is 76.7 cm³/mol. The van der Waals surface area contributed by atoms with Crippen molar-refractivity contribution in [2.75, 3.05) is 18.8 Å². The number of hydrogen-bond donors (Lipinski definition) is 3. The summed E-state index contributed by atoms with van der Waals surface area (Å²) < 4.78 is 0. The molecule has 0 aliphatic carbocycles. The van der Waals surface area contributed by atoms with E-state index in [1.54, 1.807) is 0 Å². The van der Waals surface area contributed by atoms with E-state index in [0.29, 0.717) is 23.7 Å². The molecule has 3 heterocycles. The second kappa shape index (κ2) is 5.61. The Kier molecular flexibility index (Phi) is 3.88. The standard InChI is InChI=1S/C12H23N4OS/c17-12(15-16-5-2-1-3-6-16)11-9-8-18-7-4-10(9)13-14-11/h4,7,9-11,13-14H,1-3,5-6,8H2,18H3,(H,15,17). The normalized spacial score (nSPS) is 36.8. The van der Waals surface area contributed by atoms with E-state index in [0.717, 1.165) is 13.1 Å². The van der Waals surface area contributed by atoms with Crippen LogP contribution in [0.2, 0.25) is 0 Å². The molecule has 0 saturated carbocycles. The maximum atomic E-state index is 12.3. The summed E-state index contributed by atoms with van der Waals surface area (Å²) in [7, 11) is 0. The van der Waals surface area contributed by atoms with Crippen molar-refractivity contribution in [2.45, 2.75) is 31.3 Å². The second-order valence-corrected chi connectivity index (χ2v) is 6.66. The van der Waals surface area contributed by atoms with Crippen molar-refractivity contribution in [3.05, 3.63) is 11.5 Å². The number of nitrogens with zero attached hydrogens (tertiary/aromatic N) is 1. The third-order valence-corrected chi connectivity index (χ3v) is 5.38. The lowest BCUT2D eigenvalue weighted by Crippen LogP contribution is -2.53. The zero-order valence-corrected chi connectivity index (χ0v) is 11.7. The molecule has 0 bridgehead atoms. The van der Waals surface area contributed by atoms with Crippen LogP contribution in [0.4, 0.5) is 0 Å². The molecule has 0 aromatic carbocycles. The number of carbonyl (C=O) groups is 1. The van der Waals surface area contributed by atoms with E-state index in [1.807, 2.05) is 0 Å². The first kappa shape index (κ1) is 12.5. The van der Waals surface area contributed by atoms with Gasteiger partial charge in [0.15, 0.2) is 0 Å². The first-order chi connectivity index (χ1) is 8.84. The van der Waals surface area contributed by atoms with Crippen molar-refractivity contribution in [3.8, 4) is 0 Å². The highest BCUT2D eigenvalue weighted by Crippen LogP contribution is 2.27. The molecule has 3 aliphatic heterocycles. The summed E-state index contributed by atoms with van der Waals surface area (Å²) in [4.78, 5) is 12.3. The zero-order chi connectivity index (χ0) is 12.4. The lowest BCUT2D eigenvalue weighted by molar-refractivity contribution is -0.129. The summed E-state index contributed by atoms with van der Waals surface area (Å²) in [6, 6.07) is 0.262. The maximum absolute atomic E-state index is 12.3. The van der Waals surface area contributed by atoms with Crippen molar-refractivity contribution >= 4 is 17.7 Å². The van der Waals surface area contributed by atoms with Crippen LogP contribution in [0.15, 0.2) is 11.5 Å². The number of hydrogen-bond acceptors (Lipinski definition) is 4. The van der Waals surface area contributed by atoms with Crippen LogP contribution in [-0.2, 0) is 4.79 Å². The molecule has 0 spiro atoms. The molecular formula is C12H23N4OS. The lowest BCUT2D eigenvalue weighted by Gasteiger charge is -2.30. The van der Waals surface area contributed by atoms with Gasteiger partial charge in [-0.05, 0) is 18.6 Å². The number of amides is 1. The van der Waals surface area contributed by atoms with E-state index in [-0.39, 0.29) is 11.9 Å². The van der Waals surface area contributed by atoms with Crippen molar-refractivity contribution in [1.29, 1.82) is 0 Å². The molecule has 0 aromatic heterocycles. The summed E-state index contributed by atoms with van der Waals surface area (Å²) in [5.74, 6) is 1.72. The minimum atomic E-state index is -0.0747. The smallest absolute Gasteiger partial charge is 0.253 e. The van der Waals surface area contributed by atoms with Gasteiger partial charge >= 0.3 is 0 Å². The van der Waals surface area contributed by atoms with Gasteiger partial charge in [0.05, 0.1) is 0 Å². The Hall–Kier alpha value is -0.560. The monoisotopic (exact) mass is 271 g/mol. The van der Waals surface area contributed by atoms with Gasteiger partial charge in [-0.15, -0.1) is 0 Å². The molecule has 18 heavy (non-hydrogen) atoms. The SMILES string of the molecule is O=C(NN1CCCCC1)C1NNC2C=C[SH3]CC21. The zero-order valence-electron chi connectivity index (χ0n) is 10.6. The van der Waals surface area contributed by atoms with Gasteiger partial charge in [0.2, 0.25) is 0 Å². The lowest BCUT2D eigenvalue weighted by atomic mass is 9.96. The molecule has 2 fully saturated rings. The van der Waals surface area contributed by atoms with Crippen molar-refractivity contribution in [2.24, 2.45) is 5.92 Å². The van der Waals surface area contributed by atoms with Gasteiger partial charge in [-0.2, -0.15) is 0 Å². The number of hydrazine groups is 2. The van der Waals surface area contributed by atoms with Gasteiger partial charge in [0.25, 0.3) is 5.91 Å². The van der Waals surface area contributed by atoms with E-state index in [4.69, 9.17) is 0 Å². The highest BCUT2D eigenvalue weighted by molar-refractivity contribution is 8.02. The van der Waals surface area contributed by atoms with Crippen LogP contribution in [0, 0.1) is 5.92 Å². The number of nitrogens with one attached hydrogen (secondary N) is 3. The van der Waals surface area contributed by atoms with Gasteiger partial charge in [-0.25, -0.2) is 15.9 Å². The Labute approximate surface area is 112 Å². The van der Waals surface area contributed by atoms with E-state index >= 15 is 0 Å². The van der Waals surface area contributed by atoms with Crippen molar-refractivity contribution in [1.82, 2.24) is 21.3 Å². The number of fused-ring (bicyclic) bond motifs is 1. The highest BCUT2D eigenvalue weighted by Gasteiger charge is 2.39.